The normalized spacial score (nSPS) is 20.4. The topological polar surface area (TPSA) is 246 Å². The van der Waals surface area contributed by atoms with E-state index in [1.165, 1.54) is 14.9 Å². The number of nitrogens with one attached hydrogen (secondary N) is 4. The Morgan fingerprint density at radius 2 is 1.00 bits per heavy atom. The van der Waals surface area contributed by atoms with Crippen molar-refractivity contribution in [1.82, 2.24) is 41.2 Å². The molecule has 3 aromatic carbocycles. The number of fused-ring (bicyclic) bond motifs is 4. The molecule has 69 heavy (non-hydrogen) atoms. The molecule has 4 saturated heterocycles. The summed E-state index contributed by atoms with van der Waals surface area (Å²) >= 11 is 0. The van der Waals surface area contributed by atoms with E-state index >= 15 is 0 Å². The number of benzene rings is 3. The standard InChI is InChI=1S/C28H34N4O6.C21H28N4O6/c1-28(2,3)38-26(35)30-24(20-12-8-5-9-13-20)23(33)16-29-25(34)22-15-14-21-17-31(22)27(36)32(21)37-18-19-10-6-4-7-11-19;1-21(2,3)31-19(28)23-17(13-7-5-4-6-8-13)16(26)11-22-18(27)15-10-9-14-12-24(15)20(29)25(14)30/h4-13,21-22,24H,14-18H2,1-3H3,(H,29,34)(H,30,35);4-8,14-15,17,30H,9-12H2,1-3H3,(H,22,27)(H,23,28)/t21-,22+,24?;14-,15+,17?/m11/s1. The van der Waals surface area contributed by atoms with Crippen molar-refractivity contribution < 1.29 is 57.9 Å². The van der Waals surface area contributed by atoms with Crippen LogP contribution in [0.15, 0.2) is 91.0 Å². The maximum atomic E-state index is 13.1. The third-order valence-electron chi connectivity index (χ3n) is 11.6. The minimum Gasteiger partial charge on any atom is -0.444 e. The van der Waals surface area contributed by atoms with Gasteiger partial charge in [0.1, 0.15) is 42.0 Å². The second-order valence-corrected chi connectivity index (χ2v) is 19.1. The number of carbonyl (C=O) groups excluding carboxylic acids is 8. The van der Waals surface area contributed by atoms with Crippen molar-refractivity contribution in [2.45, 2.75) is 121 Å². The van der Waals surface area contributed by atoms with E-state index in [-0.39, 0.29) is 44.4 Å². The molecule has 0 saturated carbocycles. The molecule has 3 aromatic rings. The van der Waals surface area contributed by atoms with Crippen LogP contribution in [0.5, 0.6) is 0 Å². The number of rotatable bonds is 15. The highest BCUT2D eigenvalue weighted by molar-refractivity contribution is 5.96. The van der Waals surface area contributed by atoms with Crippen LogP contribution < -0.4 is 21.3 Å². The van der Waals surface area contributed by atoms with Gasteiger partial charge in [-0.15, -0.1) is 0 Å². The molecule has 6 atom stereocenters. The molecule has 20 heteroatoms. The monoisotopic (exact) mass is 954 g/mol. The fourth-order valence-electron chi connectivity index (χ4n) is 8.34. The minimum absolute atomic E-state index is 0.127. The molecule has 8 amide bonds. The number of amides is 8. The average molecular weight is 955 g/mol. The van der Waals surface area contributed by atoms with Gasteiger partial charge in [-0.3, -0.25) is 29.2 Å². The van der Waals surface area contributed by atoms with Crippen molar-refractivity contribution in [2.75, 3.05) is 26.2 Å². The number of hydrogen-bond acceptors (Lipinski definition) is 12. The Hall–Kier alpha value is -7.06. The summed E-state index contributed by atoms with van der Waals surface area (Å²) in [7, 11) is 0. The molecule has 370 valence electrons. The molecule has 0 aromatic heterocycles. The zero-order valence-corrected chi connectivity index (χ0v) is 39.7. The van der Waals surface area contributed by atoms with Crippen molar-refractivity contribution in [1.29, 1.82) is 0 Å². The first-order chi connectivity index (χ1) is 32.7. The van der Waals surface area contributed by atoms with Crippen LogP contribution in [0.25, 0.3) is 0 Å². The molecule has 4 bridgehead atoms. The largest absolute Gasteiger partial charge is 0.444 e. The van der Waals surface area contributed by atoms with E-state index in [4.69, 9.17) is 14.3 Å². The number of alkyl carbamates (subject to hydrolysis) is 2. The van der Waals surface area contributed by atoms with Gasteiger partial charge in [0.05, 0.1) is 25.2 Å². The Morgan fingerprint density at radius 1 is 0.594 bits per heavy atom. The Labute approximate surface area is 400 Å². The van der Waals surface area contributed by atoms with Crippen molar-refractivity contribution in [3.8, 4) is 0 Å². The van der Waals surface area contributed by atoms with Crippen LogP contribution in [0.3, 0.4) is 0 Å². The number of nitrogens with zero attached hydrogens (tertiary/aromatic N) is 4. The zero-order chi connectivity index (χ0) is 50.0. The van der Waals surface area contributed by atoms with Crippen molar-refractivity contribution in [3.63, 3.8) is 0 Å². The SMILES string of the molecule is CC(C)(C)OC(=O)NC(C(=O)CNC(=O)[C@@H]1CC[C@@H]2CN1C(=O)N2O)c1ccccc1.CC(C)(C)OC(=O)NC(C(=O)CNC(=O)[C@@H]1CC[C@@H]2CN1C(=O)N2OCc1ccccc1)c1ccccc1. The van der Waals surface area contributed by atoms with Gasteiger partial charge >= 0.3 is 24.2 Å². The van der Waals surface area contributed by atoms with Gasteiger partial charge in [0.25, 0.3) is 0 Å². The van der Waals surface area contributed by atoms with Gasteiger partial charge < -0.3 is 40.5 Å². The van der Waals surface area contributed by atoms with Crippen molar-refractivity contribution in [3.05, 3.63) is 108 Å². The highest BCUT2D eigenvalue weighted by atomic mass is 16.7. The van der Waals surface area contributed by atoms with Gasteiger partial charge in [-0.25, -0.2) is 24.2 Å². The second-order valence-electron chi connectivity index (χ2n) is 19.1. The fourth-order valence-corrected chi connectivity index (χ4v) is 8.34. The summed E-state index contributed by atoms with van der Waals surface area (Å²) in [5.74, 6) is -1.74. The molecule has 0 radical (unpaired) electrons. The van der Waals surface area contributed by atoms with Crippen LogP contribution in [0.2, 0.25) is 0 Å². The van der Waals surface area contributed by atoms with Gasteiger partial charge in [0.2, 0.25) is 11.8 Å². The van der Waals surface area contributed by atoms with Crippen LogP contribution in [0.4, 0.5) is 19.2 Å². The summed E-state index contributed by atoms with van der Waals surface area (Å²) in [5.41, 5.74) is 0.599. The fraction of sp³-hybridized carbons (Fsp3) is 0.469. The lowest BCUT2D eigenvalue weighted by Crippen LogP contribution is -2.51. The lowest BCUT2D eigenvalue weighted by Gasteiger charge is -2.29. The Morgan fingerprint density at radius 3 is 1.45 bits per heavy atom. The number of piperidine rings is 2. The molecular weight excluding hydrogens is 893 g/mol. The van der Waals surface area contributed by atoms with E-state index in [9.17, 15) is 43.6 Å². The molecule has 4 aliphatic rings. The molecule has 2 unspecified atom stereocenters. The van der Waals surface area contributed by atoms with Crippen LogP contribution in [0, 0.1) is 0 Å². The molecule has 4 aliphatic heterocycles. The number of ketones is 2. The summed E-state index contributed by atoms with van der Waals surface area (Å²) in [4.78, 5) is 110. The second kappa shape index (κ2) is 22.4. The summed E-state index contributed by atoms with van der Waals surface area (Å²) < 4.78 is 10.6. The molecule has 20 nitrogen and oxygen atoms in total. The first-order valence-electron chi connectivity index (χ1n) is 22.9. The molecule has 5 N–H and O–H groups in total. The molecule has 4 fully saturated rings. The predicted molar refractivity (Wildman–Crippen MR) is 248 cm³/mol. The number of carbonyl (C=O) groups is 8. The van der Waals surface area contributed by atoms with E-state index < -0.39 is 77.0 Å². The van der Waals surface area contributed by atoms with Gasteiger partial charge in [-0.2, -0.15) is 5.06 Å². The average Bonchev–Trinajstić information content (AvgIpc) is 3.68. The van der Waals surface area contributed by atoms with Gasteiger partial charge in [0, 0.05) is 13.1 Å². The Bertz CT molecular complexity index is 2320. The van der Waals surface area contributed by atoms with E-state index in [0.717, 1.165) is 5.56 Å². The smallest absolute Gasteiger partial charge is 0.408 e. The summed E-state index contributed by atoms with van der Waals surface area (Å²) in [5, 5.41) is 22.2. The zero-order valence-electron chi connectivity index (χ0n) is 39.7. The summed E-state index contributed by atoms with van der Waals surface area (Å²) in [6.45, 7) is 10.6. The minimum atomic E-state index is -1.01. The summed E-state index contributed by atoms with van der Waals surface area (Å²) in [6.07, 6.45) is 0.479. The number of Topliss-reactive ketones (excluding diaryl/α,β-unsaturated/α-hetero) is 2. The third-order valence-corrected chi connectivity index (χ3v) is 11.6. The number of hydrogen-bond donors (Lipinski definition) is 5. The highest BCUT2D eigenvalue weighted by Crippen LogP contribution is 2.31. The Kier molecular flexibility index (Phi) is 16.6. The predicted octanol–water partition coefficient (Wildman–Crippen LogP) is 4.93. The number of urea groups is 2. The Balaban J connectivity index is 0.000000232. The number of hydroxylamine groups is 4. The molecule has 0 spiro atoms. The first kappa shape index (κ1) is 51.3. The van der Waals surface area contributed by atoms with Crippen LogP contribution in [-0.2, 0) is 40.1 Å². The molecule has 0 aliphatic carbocycles. The maximum absolute atomic E-state index is 13.1. The van der Waals surface area contributed by atoms with Crippen molar-refractivity contribution >= 4 is 47.6 Å². The van der Waals surface area contributed by atoms with E-state index in [2.05, 4.69) is 21.3 Å². The first-order valence-corrected chi connectivity index (χ1v) is 22.9. The lowest BCUT2D eigenvalue weighted by molar-refractivity contribution is -0.140. The number of ether oxygens (including phenoxy) is 2. The molecule has 7 rings (SSSR count). The van der Waals surface area contributed by atoms with Crippen LogP contribution in [0.1, 0.15) is 96.0 Å². The maximum Gasteiger partial charge on any atom is 0.408 e. The van der Waals surface area contributed by atoms with E-state index in [0.29, 0.717) is 48.4 Å². The summed E-state index contributed by atoms with van der Waals surface area (Å²) in [6, 6.07) is 22.1. The van der Waals surface area contributed by atoms with Gasteiger partial charge in [0.15, 0.2) is 11.6 Å². The van der Waals surface area contributed by atoms with E-state index in [1.807, 2.05) is 30.3 Å². The van der Waals surface area contributed by atoms with Crippen molar-refractivity contribution in [2.24, 2.45) is 0 Å². The van der Waals surface area contributed by atoms with Crippen LogP contribution in [-0.4, -0.2) is 134 Å². The molecule has 4 heterocycles. The molecular formula is C49H62N8O12. The van der Waals surface area contributed by atoms with Gasteiger partial charge in [-0.1, -0.05) is 91.0 Å². The highest BCUT2D eigenvalue weighted by Gasteiger charge is 2.49. The van der Waals surface area contributed by atoms with E-state index in [1.54, 1.807) is 102 Å². The third kappa shape index (κ3) is 13.8. The van der Waals surface area contributed by atoms with Crippen LogP contribution >= 0.6 is 0 Å². The lowest BCUT2D eigenvalue weighted by atomic mass is 9.99. The quantitative estimate of drug-likeness (QED) is 0.127. The van der Waals surface area contributed by atoms with Gasteiger partial charge in [-0.05, 0) is 83.9 Å².